The van der Waals surface area contributed by atoms with Crippen molar-refractivity contribution < 1.29 is 22.5 Å². The lowest BCUT2D eigenvalue weighted by atomic mass is 10.1. The van der Waals surface area contributed by atoms with Gasteiger partial charge in [0.05, 0.1) is 0 Å². The first kappa shape index (κ1) is 20.7. The molecule has 1 aromatic carbocycles. The number of carbonyl (C=O) groups excluding carboxylic acids is 1. The molecule has 6 nitrogen and oxygen atoms in total. The Kier molecular flexibility index (Phi) is 7.20. The van der Waals surface area contributed by atoms with Gasteiger partial charge in [0, 0.05) is 38.3 Å². The number of unbranched alkanes of at least 4 members (excludes halogenated alkanes) is 3. The fourth-order valence-corrected chi connectivity index (χ4v) is 2.46. The zero-order valence-corrected chi connectivity index (χ0v) is 15.3. The number of nitrogens with one attached hydrogen (secondary N) is 1. The van der Waals surface area contributed by atoms with E-state index in [1.807, 2.05) is 43.3 Å². The summed E-state index contributed by atoms with van der Waals surface area (Å²) >= 11 is 0. The fourth-order valence-electron chi connectivity index (χ4n) is 2.46. The van der Waals surface area contributed by atoms with Gasteiger partial charge in [-0.25, -0.2) is 0 Å². The Morgan fingerprint density at radius 2 is 1.78 bits per heavy atom. The molecule has 1 heterocycles. The number of benzene rings is 1. The first-order chi connectivity index (χ1) is 12.8. The minimum atomic E-state index is -4.61. The molecule has 0 aliphatic heterocycles. The number of aromatic nitrogens is 2. The SMILES string of the molecule is CN(C)c1ccc(NC(=O)CCCCCCc2noc(C(F)(F)F)n2)cc1. The summed E-state index contributed by atoms with van der Waals surface area (Å²) in [5.74, 6) is -1.31. The van der Waals surface area contributed by atoms with Crippen LogP contribution in [0, 0.1) is 0 Å². The largest absolute Gasteiger partial charge is 0.471 e. The molecule has 0 unspecified atom stereocenters. The first-order valence-corrected chi connectivity index (χ1v) is 8.73. The molecule has 0 aliphatic rings. The quantitative estimate of drug-likeness (QED) is 0.653. The van der Waals surface area contributed by atoms with Crippen LogP contribution in [0.2, 0.25) is 0 Å². The Morgan fingerprint density at radius 1 is 1.11 bits per heavy atom. The van der Waals surface area contributed by atoms with Gasteiger partial charge in [-0.3, -0.25) is 4.79 Å². The van der Waals surface area contributed by atoms with E-state index in [2.05, 4.69) is 20.0 Å². The van der Waals surface area contributed by atoms with Gasteiger partial charge in [-0.05, 0) is 37.1 Å². The lowest BCUT2D eigenvalue weighted by molar-refractivity contribution is -0.159. The summed E-state index contributed by atoms with van der Waals surface area (Å²) in [6.45, 7) is 0. The summed E-state index contributed by atoms with van der Waals surface area (Å²) < 4.78 is 41.2. The van der Waals surface area contributed by atoms with E-state index < -0.39 is 12.1 Å². The van der Waals surface area contributed by atoms with Crippen molar-refractivity contribution in [1.82, 2.24) is 10.1 Å². The van der Waals surface area contributed by atoms with Gasteiger partial charge in [0.25, 0.3) is 0 Å². The molecule has 0 fully saturated rings. The second-order valence-corrected chi connectivity index (χ2v) is 6.42. The van der Waals surface area contributed by atoms with Gasteiger partial charge >= 0.3 is 12.1 Å². The second-order valence-electron chi connectivity index (χ2n) is 6.42. The maximum atomic E-state index is 12.3. The van der Waals surface area contributed by atoms with Crippen LogP contribution in [0.15, 0.2) is 28.8 Å². The third kappa shape index (κ3) is 6.92. The zero-order valence-electron chi connectivity index (χ0n) is 15.3. The minimum Gasteiger partial charge on any atom is -0.378 e. The number of amides is 1. The highest BCUT2D eigenvalue weighted by Gasteiger charge is 2.38. The standard InChI is InChI=1S/C18H23F3N4O2/c1-25(2)14-11-9-13(10-12-14)22-16(26)8-6-4-3-5-7-15-23-17(27-24-15)18(19,20)21/h9-12H,3-8H2,1-2H3,(H,22,26). The molecule has 0 atom stereocenters. The number of aryl methyl sites for hydroxylation is 1. The van der Waals surface area contributed by atoms with Gasteiger partial charge in [-0.2, -0.15) is 18.2 Å². The summed E-state index contributed by atoms with van der Waals surface area (Å²) in [7, 11) is 3.89. The predicted octanol–water partition coefficient (Wildman–Crippen LogP) is 4.29. The molecule has 1 aromatic heterocycles. The van der Waals surface area contributed by atoms with Gasteiger partial charge in [-0.15, -0.1) is 0 Å². The molecule has 9 heteroatoms. The van der Waals surface area contributed by atoms with Crippen molar-refractivity contribution in [3.8, 4) is 0 Å². The Labute approximate surface area is 155 Å². The lowest BCUT2D eigenvalue weighted by Crippen LogP contribution is -2.12. The number of halogens is 3. The van der Waals surface area contributed by atoms with Gasteiger partial charge < -0.3 is 14.7 Å². The van der Waals surface area contributed by atoms with Crippen LogP contribution in [0.1, 0.15) is 43.8 Å². The molecular formula is C18H23F3N4O2. The average Bonchev–Trinajstić information content (AvgIpc) is 3.07. The number of rotatable bonds is 9. The van der Waals surface area contributed by atoms with Crippen LogP contribution >= 0.6 is 0 Å². The highest BCUT2D eigenvalue weighted by molar-refractivity contribution is 5.90. The predicted molar refractivity (Wildman–Crippen MR) is 95.5 cm³/mol. The van der Waals surface area contributed by atoms with Crippen LogP contribution in [0.3, 0.4) is 0 Å². The molecule has 0 radical (unpaired) electrons. The van der Waals surface area contributed by atoms with E-state index in [0.29, 0.717) is 25.7 Å². The maximum Gasteiger partial charge on any atom is 0.471 e. The zero-order chi connectivity index (χ0) is 19.9. The van der Waals surface area contributed by atoms with Crippen molar-refractivity contribution in [3.05, 3.63) is 36.0 Å². The second kappa shape index (κ2) is 9.38. The first-order valence-electron chi connectivity index (χ1n) is 8.73. The van der Waals surface area contributed by atoms with Gasteiger partial charge in [0.2, 0.25) is 5.91 Å². The Bertz CT molecular complexity index is 727. The van der Waals surface area contributed by atoms with Gasteiger partial charge in [0.15, 0.2) is 5.82 Å². The average molecular weight is 384 g/mol. The van der Waals surface area contributed by atoms with E-state index in [-0.39, 0.29) is 11.7 Å². The van der Waals surface area contributed by atoms with Crippen LogP contribution in [0.5, 0.6) is 0 Å². The molecule has 1 amide bonds. The summed E-state index contributed by atoms with van der Waals surface area (Å²) in [4.78, 5) is 17.2. The summed E-state index contributed by atoms with van der Waals surface area (Å²) in [6, 6.07) is 7.57. The molecule has 2 rings (SSSR count). The maximum absolute atomic E-state index is 12.3. The van der Waals surface area contributed by atoms with E-state index in [1.165, 1.54) is 0 Å². The van der Waals surface area contributed by atoms with Crippen molar-refractivity contribution in [2.75, 3.05) is 24.3 Å². The van der Waals surface area contributed by atoms with Gasteiger partial charge in [0.1, 0.15) is 0 Å². The number of hydrogen-bond donors (Lipinski definition) is 1. The lowest BCUT2D eigenvalue weighted by Gasteiger charge is -2.13. The number of nitrogens with zero attached hydrogens (tertiary/aromatic N) is 3. The molecule has 0 aliphatic carbocycles. The highest BCUT2D eigenvalue weighted by Crippen LogP contribution is 2.27. The minimum absolute atomic E-state index is 0.0550. The topological polar surface area (TPSA) is 71.3 Å². The van der Waals surface area contributed by atoms with E-state index in [0.717, 1.165) is 24.2 Å². The molecule has 2 aromatic rings. The Morgan fingerprint density at radius 3 is 2.37 bits per heavy atom. The third-order valence-electron chi connectivity index (χ3n) is 3.93. The molecular weight excluding hydrogens is 361 g/mol. The van der Waals surface area contributed by atoms with Crippen molar-refractivity contribution >= 4 is 17.3 Å². The number of hydrogen-bond acceptors (Lipinski definition) is 5. The van der Waals surface area contributed by atoms with Gasteiger partial charge in [-0.1, -0.05) is 18.0 Å². The van der Waals surface area contributed by atoms with Crippen molar-refractivity contribution in [2.24, 2.45) is 0 Å². The summed E-state index contributed by atoms with van der Waals surface area (Å²) in [6.07, 6.45) is -0.949. The molecule has 1 N–H and O–H groups in total. The highest BCUT2D eigenvalue weighted by atomic mass is 19.4. The van der Waals surface area contributed by atoms with Crippen molar-refractivity contribution in [2.45, 2.75) is 44.7 Å². The van der Waals surface area contributed by atoms with Crippen molar-refractivity contribution in [3.63, 3.8) is 0 Å². The van der Waals surface area contributed by atoms with E-state index >= 15 is 0 Å². The molecule has 27 heavy (non-hydrogen) atoms. The van der Waals surface area contributed by atoms with E-state index in [9.17, 15) is 18.0 Å². The Balaban J connectivity index is 1.59. The number of alkyl halides is 3. The van der Waals surface area contributed by atoms with Crippen molar-refractivity contribution in [1.29, 1.82) is 0 Å². The van der Waals surface area contributed by atoms with E-state index in [4.69, 9.17) is 0 Å². The summed E-state index contributed by atoms with van der Waals surface area (Å²) in [5.41, 5.74) is 1.81. The normalized spacial score (nSPS) is 11.4. The van der Waals surface area contributed by atoms with E-state index in [1.54, 1.807) is 0 Å². The molecule has 0 spiro atoms. The van der Waals surface area contributed by atoms with Crippen LogP contribution in [-0.2, 0) is 17.4 Å². The van der Waals surface area contributed by atoms with Crippen LogP contribution in [0.4, 0.5) is 24.5 Å². The van der Waals surface area contributed by atoms with Crippen LogP contribution < -0.4 is 10.2 Å². The molecule has 0 saturated carbocycles. The molecule has 148 valence electrons. The van der Waals surface area contributed by atoms with Crippen LogP contribution in [-0.4, -0.2) is 30.1 Å². The smallest absolute Gasteiger partial charge is 0.378 e. The number of anilines is 2. The monoisotopic (exact) mass is 384 g/mol. The van der Waals surface area contributed by atoms with Crippen LogP contribution in [0.25, 0.3) is 0 Å². The molecule has 0 saturated heterocycles. The Hall–Kier alpha value is -2.58. The number of carbonyl (C=O) groups is 1. The third-order valence-corrected chi connectivity index (χ3v) is 3.93. The summed E-state index contributed by atoms with van der Waals surface area (Å²) in [5, 5.41) is 6.16. The molecule has 0 bridgehead atoms. The fraction of sp³-hybridized carbons (Fsp3) is 0.500.